The lowest BCUT2D eigenvalue weighted by molar-refractivity contribution is -0.118. The van der Waals surface area contributed by atoms with Crippen molar-refractivity contribution in [1.82, 2.24) is 4.98 Å². The standard InChI is InChI=1S/C16H14N4O/c17-9-11-3-1-2-4-13(11)12-5-6-15(19-10-12)20-8-7-14(18)16(20)21/h1-6,10,14H,7-8,18H2/t14-/m0/s1. The SMILES string of the molecule is N#Cc1ccccc1-c1ccc(N2CC[C@H](N)C2=O)nc1. The van der Waals surface area contributed by atoms with E-state index in [1.54, 1.807) is 23.2 Å². The molecular weight excluding hydrogens is 264 g/mol. The van der Waals surface area contributed by atoms with Crippen LogP contribution in [0.1, 0.15) is 12.0 Å². The van der Waals surface area contributed by atoms with Gasteiger partial charge in [-0.3, -0.25) is 9.69 Å². The molecule has 1 fully saturated rings. The number of hydrogen-bond acceptors (Lipinski definition) is 4. The Morgan fingerprint density at radius 2 is 2.10 bits per heavy atom. The fourth-order valence-electron chi connectivity index (χ4n) is 2.47. The molecule has 1 aromatic carbocycles. The second-order valence-corrected chi connectivity index (χ2v) is 4.95. The summed E-state index contributed by atoms with van der Waals surface area (Å²) in [6.07, 6.45) is 2.34. The van der Waals surface area contributed by atoms with Crippen molar-refractivity contribution in [3.8, 4) is 17.2 Å². The Balaban J connectivity index is 1.92. The lowest BCUT2D eigenvalue weighted by Gasteiger charge is -2.15. The maximum absolute atomic E-state index is 11.9. The number of aromatic nitrogens is 1. The fraction of sp³-hybridized carbons (Fsp3) is 0.188. The number of carbonyl (C=O) groups excluding carboxylic acids is 1. The predicted octanol–water partition coefficient (Wildman–Crippen LogP) is 1.68. The highest BCUT2D eigenvalue weighted by molar-refractivity contribution is 5.98. The van der Waals surface area contributed by atoms with Crippen LogP contribution in [0.3, 0.4) is 0 Å². The third-order valence-corrected chi connectivity index (χ3v) is 3.63. The van der Waals surface area contributed by atoms with Gasteiger partial charge >= 0.3 is 0 Å². The third kappa shape index (κ3) is 2.37. The van der Waals surface area contributed by atoms with Crippen molar-refractivity contribution < 1.29 is 4.79 Å². The van der Waals surface area contributed by atoms with Crippen molar-refractivity contribution in [3.63, 3.8) is 0 Å². The summed E-state index contributed by atoms with van der Waals surface area (Å²) in [6.45, 7) is 0.598. The van der Waals surface area contributed by atoms with Crippen molar-refractivity contribution in [2.45, 2.75) is 12.5 Å². The largest absolute Gasteiger partial charge is 0.320 e. The Morgan fingerprint density at radius 1 is 1.29 bits per heavy atom. The van der Waals surface area contributed by atoms with E-state index in [1.807, 2.05) is 24.3 Å². The second kappa shape index (κ2) is 5.35. The number of nitrogens with two attached hydrogens (primary N) is 1. The Labute approximate surface area is 122 Å². The highest BCUT2D eigenvalue weighted by atomic mass is 16.2. The summed E-state index contributed by atoms with van der Waals surface area (Å²) in [5.74, 6) is 0.513. The van der Waals surface area contributed by atoms with E-state index in [0.29, 0.717) is 24.3 Å². The average Bonchev–Trinajstić information content (AvgIpc) is 2.87. The van der Waals surface area contributed by atoms with Gasteiger partial charge in [0.05, 0.1) is 17.7 Å². The van der Waals surface area contributed by atoms with Gasteiger partial charge < -0.3 is 5.73 Å². The maximum Gasteiger partial charge on any atom is 0.245 e. The molecule has 21 heavy (non-hydrogen) atoms. The molecule has 5 nitrogen and oxygen atoms in total. The van der Waals surface area contributed by atoms with Crippen LogP contribution in [-0.2, 0) is 4.79 Å². The van der Waals surface area contributed by atoms with Crippen molar-refractivity contribution in [2.75, 3.05) is 11.4 Å². The summed E-state index contributed by atoms with van der Waals surface area (Å²) in [5, 5.41) is 9.13. The number of amides is 1. The van der Waals surface area contributed by atoms with E-state index in [0.717, 1.165) is 11.1 Å². The van der Waals surface area contributed by atoms with E-state index in [4.69, 9.17) is 11.0 Å². The highest BCUT2D eigenvalue weighted by Gasteiger charge is 2.30. The zero-order chi connectivity index (χ0) is 14.8. The summed E-state index contributed by atoms with van der Waals surface area (Å²) in [4.78, 5) is 17.8. The number of carbonyl (C=O) groups is 1. The monoisotopic (exact) mass is 278 g/mol. The van der Waals surface area contributed by atoms with Crippen LogP contribution in [0.5, 0.6) is 0 Å². The molecule has 104 valence electrons. The first-order valence-corrected chi connectivity index (χ1v) is 6.73. The van der Waals surface area contributed by atoms with Gasteiger partial charge in [-0.15, -0.1) is 0 Å². The maximum atomic E-state index is 11.9. The minimum Gasteiger partial charge on any atom is -0.320 e. The Bertz CT molecular complexity index is 718. The van der Waals surface area contributed by atoms with Gasteiger partial charge in [0.2, 0.25) is 5.91 Å². The van der Waals surface area contributed by atoms with Crippen molar-refractivity contribution in [2.24, 2.45) is 5.73 Å². The van der Waals surface area contributed by atoms with Crippen LogP contribution < -0.4 is 10.6 Å². The quantitative estimate of drug-likeness (QED) is 0.906. The van der Waals surface area contributed by atoms with Gasteiger partial charge in [-0.25, -0.2) is 4.98 Å². The van der Waals surface area contributed by atoms with Crippen LogP contribution in [0.15, 0.2) is 42.6 Å². The molecule has 1 atom stereocenters. The first-order chi connectivity index (χ1) is 10.2. The van der Waals surface area contributed by atoms with E-state index in [1.165, 1.54) is 0 Å². The van der Waals surface area contributed by atoms with E-state index < -0.39 is 6.04 Å². The first kappa shape index (κ1) is 13.3. The summed E-state index contributed by atoms with van der Waals surface area (Å²) in [7, 11) is 0. The summed E-state index contributed by atoms with van der Waals surface area (Å²) in [5.41, 5.74) is 8.00. The number of rotatable bonds is 2. The normalized spacial score (nSPS) is 17.8. The molecular formula is C16H14N4O. The van der Waals surface area contributed by atoms with Gasteiger partial charge in [-0.2, -0.15) is 5.26 Å². The van der Waals surface area contributed by atoms with Gasteiger partial charge in [-0.1, -0.05) is 18.2 Å². The van der Waals surface area contributed by atoms with Gasteiger partial charge in [0.15, 0.2) is 0 Å². The summed E-state index contributed by atoms with van der Waals surface area (Å²) < 4.78 is 0. The Morgan fingerprint density at radius 3 is 2.71 bits per heavy atom. The van der Waals surface area contributed by atoms with Crippen molar-refractivity contribution in [1.29, 1.82) is 5.26 Å². The van der Waals surface area contributed by atoms with Gasteiger partial charge in [-0.05, 0) is 24.6 Å². The summed E-state index contributed by atoms with van der Waals surface area (Å²) >= 11 is 0. The van der Waals surface area contributed by atoms with Crippen LogP contribution in [0.2, 0.25) is 0 Å². The van der Waals surface area contributed by atoms with Crippen molar-refractivity contribution in [3.05, 3.63) is 48.2 Å². The first-order valence-electron chi connectivity index (χ1n) is 6.73. The van der Waals surface area contributed by atoms with Crippen LogP contribution in [-0.4, -0.2) is 23.5 Å². The third-order valence-electron chi connectivity index (χ3n) is 3.63. The van der Waals surface area contributed by atoms with E-state index >= 15 is 0 Å². The second-order valence-electron chi connectivity index (χ2n) is 4.95. The predicted molar refractivity (Wildman–Crippen MR) is 79.3 cm³/mol. The fourth-order valence-corrected chi connectivity index (χ4v) is 2.47. The molecule has 3 rings (SSSR count). The number of pyridine rings is 1. The molecule has 2 heterocycles. The Hall–Kier alpha value is -2.71. The summed E-state index contributed by atoms with van der Waals surface area (Å²) in [6, 6.07) is 12.8. The topological polar surface area (TPSA) is 83.0 Å². The van der Waals surface area contributed by atoms with Gasteiger partial charge in [0, 0.05) is 23.9 Å². The van der Waals surface area contributed by atoms with Gasteiger partial charge in [0.1, 0.15) is 5.82 Å². The zero-order valence-corrected chi connectivity index (χ0v) is 11.4. The average molecular weight is 278 g/mol. The number of hydrogen-bond donors (Lipinski definition) is 1. The van der Waals surface area contributed by atoms with Crippen LogP contribution in [0.4, 0.5) is 5.82 Å². The Kier molecular flexibility index (Phi) is 3.38. The molecule has 0 saturated carbocycles. The number of benzene rings is 1. The minimum atomic E-state index is -0.425. The van der Waals surface area contributed by atoms with Crippen LogP contribution >= 0.6 is 0 Å². The lowest BCUT2D eigenvalue weighted by Crippen LogP contribution is -2.34. The molecule has 2 N–H and O–H groups in total. The molecule has 1 amide bonds. The van der Waals surface area contributed by atoms with E-state index in [2.05, 4.69) is 11.1 Å². The highest BCUT2D eigenvalue weighted by Crippen LogP contribution is 2.25. The molecule has 0 bridgehead atoms. The molecule has 0 unspecified atom stereocenters. The molecule has 0 radical (unpaired) electrons. The molecule has 1 aliphatic heterocycles. The molecule has 0 aliphatic carbocycles. The molecule has 0 spiro atoms. The number of nitriles is 1. The van der Waals surface area contributed by atoms with E-state index in [-0.39, 0.29) is 5.91 Å². The lowest BCUT2D eigenvalue weighted by atomic mass is 10.0. The van der Waals surface area contributed by atoms with Crippen LogP contribution in [0.25, 0.3) is 11.1 Å². The molecule has 5 heteroatoms. The zero-order valence-electron chi connectivity index (χ0n) is 11.4. The molecule has 1 aliphatic rings. The smallest absolute Gasteiger partial charge is 0.245 e. The molecule has 1 saturated heterocycles. The molecule has 2 aromatic rings. The number of anilines is 1. The van der Waals surface area contributed by atoms with Crippen molar-refractivity contribution >= 4 is 11.7 Å². The molecule has 1 aromatic heterocycles. The van der Waals surface area contributed by atoms with Gasteiger partial charge in [0.25, 0.3) is 0 Å². The van der Waals surface area contributed by atoms with Crippen LogP contribution in [0, 0.1) is 11.3 Å². The minimum absolute atomic E-state index is 0.0901. The van der Waals surface area contributed by atoms with E-state index in [9.17, 15) is 4.79 Å². The number of nitrogens with zero attached hydrogens (tertiary/aromatic N) is 3.